The van der Waals surface area contributed by atoms with Gasteiger partial charge in [0.25, 0.3) is 0 Å². The van der Waals surface area contributed by atoms with Gasteiger partial charge in [0.1, 0.15) is 24.0 Å². The molecule has 0 aromatic heterocycles. The van der Waals surface area contributed by atoms with Crippen molar-refractivity contribution in [3.05, 3.63) is 34.4 Å². The van der Waals surface area contributed by atoms with Gasteiger partial charge in [-0.15, -0.1) is 0 Å². The van der Waals surface area contributed by atoms with Gasteiger partial charge in [0.15, 0.2) is 0 Å². The van der Waals surface area contributed by atoms with E-state index in [4.69, 9.17) is 9.98 Å². The van der Waals surface area contributed by atoms with E-state index in [-0.39, 0.29) is 12.3 Å². The molecule has 0 bridgehead atoms. The molecule has 0 amide bonds. The van der Waals surface area contributed by atoms with Crippen molar-refractivity contribution in [1.82, 2.24) is 19.6 Å². The van der Waals surface area contributed by atoms with E-state index < -0.39 is 0 Å². The summed E-state index contributed by atoms with van der Waals surface area (Å²) in [5.41, 5.74) is 4.96. The molecule has 2 heterocycles. The van der Waals surface area contributed by atoms with Gasteiger partial charge in [-0.1, -0.05) is 0 Å². The van der Waals surface area contributed by atoms with Crippen molar-refractivity contribution < 1.29 is 0 Å². The normalized spacial score (nSPS) is 21.8. The highest BCUT2D eigenvalue weighted by atomic mass is 15.3. The molecule has 0 N–H and O–H groups in total. The lowest BCUT2D eigenvalue weighted by Crippen LogP contribution is -2.23. The molecule has 2 aliphatic rings. The summed E-state index contributed by atoms with van der Waals surface area (Å²) in [7, 11) is 16.5. The van der Waals surface area contributed by atoms with Gasteiger partial charge in [0.2, 0.25) is 0 Å². The Morgan fingerprint density at radius 2 is 0.958 bits per heavy atom. The first-order valence-corrected chi connectivity index (χ1v) is 8.24. The lowest BCUT2D eigenvalue weighted by Gasteiger charge is -2.21. The van der Waals surface area contributed by atoms with Crippen molar-refractivity contribution in [2.45, 2.75) is 12.3 Å². The van der Waals surface area contributed by atoms with E-state index >= 15 is 0 Å². The van der Waals surface area contributed by atoms with Gasteiger partial charge in [0.05, 0.1) is 0 Å². The number of amidine groups is 2. The molecule has 0 saturated carbocycles. The second-order valence-corrected chi connectivity index (χ2v) is 7.40. The van der Waals surface area contributed by atoms with Crippen LogP contribution in [0.4, 0.5) is 0 Å². The summed E-state index contributed by atoms with van der Waals surface area (Å²) in [6.45, 7) is 0. The average molecular weight is 328 g/mol. The lowest BCUT2D eigenvalue weighted by atomic mass is 9.96. The molecule has 6 heteroatoms. The molecule has 0 saturated heterocycles. The first-order valence-electron chi connectivity index (χ1n) is 8.24. The van der Waals surface area contributed by atoms with E-state index in [2.05, 4.69) is 88.1 Å². The van der Waals surface area contributed by atoms with Gasteiger partial charge in [-0.3, -0.25) is 9.80 Å². The van der Waals surface area contributed by atoms with E-state index in [1.807, 2.05) is 0 Å². The minimum Gasteiger partial charge on any atom is -0.362 e. The van der Waals surface area contributed by atoms with Crippen LogP contribution in [0.25, 0.3) is 0 Å². The van der Waals surface area contributed by atoms with E-state index in [9.17, 15) is 0 Å². The average Bonchev–Trinajstić information content (AvgIpc) is 3.02. The molecule has 3 rings (SSSR count). The zero-order chi connectivity index (χ0) is 17.8. The molecular weight excluding hydrogens is 300 g/mol. The van der Waals surface area contributed by atoms with Crippen LogP contribution < -0.4 is 0 Å². The molecule has 2 aliphatic heterocycles. The Balaban J connectivity index is 2.19. The van der Waals surface area contributed by atoms with Crippen molar-refractivity contribution in [2.75, 3.05) is 56.4 Å². The Morgan fingerprint density at radius 3 is 1.21 bits per heavy atom. The predicted octanol–water partition coefficient (Wildman–Crippen LogP) is 1.45. The Hall–Kier alpha value is -1.92. The second-order valence-electron chi connectivity index (χ2n) is 7.40. The standard InChI is InChI=1S/C18H28N6/c1-21(2)15-11-9-13-14(10-12(11)16(19-15)22(3)4)18(24(7)8)20-17(13)23(5)6/h9-10,15,18H,1-8H3. The van der Waals surface area contributed by atoms with Crippen LogP contribution >= 0.6 is 0 Å². The van der Waals surface area contributed by atoms with Crippen LogP contribution in [0.15, 0.2) is 22.1 Å². The minimum atomic E-state index is 0.0597. The highest BCUT2D eigenvalue weighted by molar-refractivity contribution is 6.07. The van der Waals surface area contributed by atoms with Crippen molar-refractivity contribution in [2.24, 2.45) is 9.98 Å². The quantitative estimate of drug-likeness (QED) is 0.824. The molecule has 0 aliphatic carbocycles. The molecule has 1 aromatic rings. The third kappa shape index (κ3) is 2.50. The third-order valence-corrected chi connectivity index (χ3v) is 4.57. The number of aliphatic imine (C=N–C) groups is 2. The van der Waals surface area contributed by atoms with E-state index in [0.29, 0.717) is 0 Å². The smallest absolute Gasteiger partial charge is 0.132 e. The molecule has 130 valence electrons. The fourth-order valence-corrected chi connectivity index (χ4v) is 3.46. The molecular formula is C18H28N6. The first-order chi connectivity index (χ1) is 11.2. The van der Waals surface area contributed by atoms with E-state index in [1.165, 1.54) is 22.3 Å². The van der Waals surface area contributed by atoms with Crippen LogP contribution in [0.3, 0.4) is 0 Å². The van der Waals surface area contributed by atoms with Crippen LogP contribution in [0, 0.1) is 0 Å². The molecule has 1 aromatic carbocycles. The number of nitrogens with zero attached hydrogens (tertiary/aromatic N) is 6. The highest BCUT2D eigenvalue weighted by Crippen LogP contribution is 2.39. The number of hydrogen-bond acceptors (Lipinski definition) is 6. The minimum absolute atomic E-state index is 0.0597. The largest absolute Gasteiger partial charge is 0.362 e. The molecule has 2 unspecified atom stereocenters. The number of fused-ring (bicyclic) bond motifs is 2. The molecule has 0 fully saturated rings. The maximum Gasteiger partial charge on any atom is 0.132 e. The van der Waals surface area contributed by atoms with Gasteiger partial charge >= 0.3 is 0 Å². The summed E-state index contributed by atoms with van der Waals surface area (Å²) in [5, 5.41) is 0. The lowest BCUT2D eigenvalue weighted by molar-refractivity contribution is 0.310. The zero-order valence-electron chi connectivity index (χ0n) is 16.0. The third-order valence-electron chi connectivity index (χ3n) is 4.57. The first kappa shape index (κ1) is 16.9. The monoisotopic (exact) mass is 328 g/mol. The van der Waals surface area contributed by atoms with Crippen molar-refractivity contribution in [1.29, 1.82) is 0 Å². The number of benzene rings is 1. The zero-order valence-corrected chi connectivity index (χ0v) is 16.0. The van der Waals surface area contributed by atoms with Crippen molar-refractivity contribution in [3.8, 4) is 0 Å². The summed E-state index contributed by atoms with van der Waals surface area (Å²) in [4.78, 5) is 18.4. The van der Waals surface area contributed by atoms with Crippen LogP contribution in [0.5, 0.6) is 0 Å². The van der Waals surface area contributed by atoms with E-state index in [1.54, 1.807) is 0 Å². The fraction of sp³-hybridized carbons (Fsp3) is 0.556. The van der Waals surface area contributed by atoms with Crippen LogP contribution in [0.2, 0.25) is 0 Å². The highest BCUT2D eigenvalue weighted by Gasteiger charge is 2.34. The SMILES string of the molecule is CN(C)C1=NC(N(C)C)c2cc3c(cc21)C(N(C)C)N=C3N(C)C. The Kier molecular flexibility index (Phi) is 4.13. The molecule has 24 heavy (non-hydrogen) atoms. The molecule has 0 radical (unpaired) electrons. The van der Waals surface area contributed by atoms with Gasteiger partial charge in [0, 0.05) is 50.4 Å². The summed E-state index contributed by atoms with van der Waals surface area (Å²) in [5.74, 6) is 2.09. The fourth-order valence-electron chi connectivity index (χ4n) is 3.46. The maximum absolute atomic E-state index is 4.94. The summed E-state index contributed by atoms with van der Waals surface area (Å²) >= 11 is 0. The summed E-state index contributed by atoms with van der Waals surface area (Å²) in [6.07, 6.45) is 0.119. The maximum atomic E-state index is 4.94. The van der Waals surface area contributed by atoms with Crippen LogP contribution in [0.1, 0.15) is 34.6 Å². The number of hydrogen-bond donors (Lipinski definition) is 0. The Labute approximate surface area is 145 Å². The van der Waals surface area contributed by atoms with Crippen LogP contribution in [-0.2, 0) is 0 Å². The van der Waals surface area contributed by atoms with Crippen molar-refractivity contribution >= 4 is 11.7 Å². The number of rotatable bonds is 2. The van der Waals surface area contributed by atoms with E-state index in [0.717, 1.165) is 11.7 Å². The molecule has 6 nitrogen and oxygen atoms in total. The molecule has 0 spiro atoms. The van der Waals surface area contributed by atoms with Gasteiger partial charge in [-0.25, -0.2) is 9.98 Å². The Morgan fingerprint density at radius 1 is 0.625 bits per heavy atom. The Bertz CT molecular complexity index is 653. The molecule has 2 atom stereocenters. The van der Waals surface area contributed by atoms with Crippen molar-refractivity contribution in [3.63, 3.8) is 0 Å². The topological polar surface area (TPSA) is 37.7 Å². The second kappa shape index (κ2) is 5.86. The summed E-state index contributed by atoms with van der Waals surface area (Å²) in [6, 6.07) is 4.58. The summed E-state index contributed by atoms with van der Waals surface area (Å²) < 4.78 is 0. The van der Waals surface area contributed by atoms with Crippen LogP contribution in [-0.4, -0.2) is 87.7 Å². The van der Waals surface area contributed by atoms with Gasteiger partial charge in [-0.2, -0.15) is 0 Å². The predicted molar refractivity (Wildman–Crippen MR) is 99.7 cm³/mol. The van der Waals surface area contributed by atoms with Gasteiger partial charge < -0.3 is 9.80 Å². The van der Waals surface area contributed by atoms with Gasteiger partial charge in [-0.05, 0) is 40.3 Å².